The van der Waals surface area contributed by atoms with Crippen LogP contribution in [0.25, 0.3) is 0 Å². The number of hydrogen-bond acceptors (Lipinski definition) is 4. The van der Waals surface area contributed by atoms with Crippen LogP contribution in [0.15, 0.2) is 42.5 Å². The van der Waals surface area contributed by atoms with Crippen molar-refractivity contribution in [1.29, 1.82) is 0 Å². The van der Waals surface area contributed by atoms with E-state index in [4.69, 9.17) is 5.11 Å². The van der Waals surface area contributed by atoms with E-state index in [2.05, 4.69) is 11.3 Å². The summed E-state index contributed by atoms with van der Waals surface area (Å²) in [4.78, 5) is 22.3. The van der Waals surface area contributed by atoms with Gasteiger partial charge in [-0.1, -0.05) is 36.9 Å². The van der Waals surface area contributed by atoms with Gasteiger partial charge < -0.3 is 14.9 Å². The molecule has 0 aliphatic heterocycles. The number of carboxylic acid groups (broad SMARTS) is 1. The second kappa shape index (κ2) is 4.80. The Morgan fingerprint density at radius 1 is 1.29 bits per heavy atom. The molecule has 2 N–H and O–H groups in total. The number of carbonyl (C=O) groups excluding carboxylic acids is 1. The molecule has 90 valence electrons. The van der Waals surface area contributed by atoms with Crippen molar-refractivity contribution in [2.75, 3.05) is 0 Å². The summed E-state index contributed by atoms with van der Waals surface area (Å²) in [5.41, 5.74) is -0.0392. The second-order valence-corrected chi connectivity index (χ2v) is 3.49. The van der Waals surface area contributed by atoms with Crippen LogP contribution < -0.4 is 0 Å². The molecule has 0 aliphatic rings. The van der Waals surface area contributed by atoms with Gasteiger partial charge in [-0.25, -0.2) is 9.59 Å². The smallest absolute Gasteiger partial charge is 0.382 e. The molecule has 1 atom stereocenters. The minimum atomic E-state index is -2.70. The fourth-order valence-corrected chi connectivity index (χ4v) is 1.11. The van der Waals surface area contributed by atoms with E-state index >= 15 is 0 Å². The van der Waals surface area contributed by atoms with Crippen LogP contribution in [0.4, 0.5) is 0 Å². The Kier molecular flexibility index (Phi) is 3.65. The molecular weight excluding hydrogens is 224 g/mol. The van der Waals surface area contributed by atoms with Crippen LogP contribution in [0.3, 0.4) is 0 Å². The molecule has 1 aromatic carbocycles. The predicted molar refractivity (Wildman–Crippen MR) is 58.9 cm³/mol. The van der Waals surface area contributed by atoms with Gasteiger partial charge in [0, 0.05) is 11.1 Å². The first-order valence-electron chi connectivity index (χ1n) is 4.78. The molecule has 0 saturated carbocycles. The Labute approximate surface area is 98.0 Å². The first-order chi connectivity index (χ1) is 7.88. The van der Waals surface area contributed by atoms with Crippen molar-refractivity contribution in [1.82, 2.24) is 0 Å². The van der Waals surface area contributed by atoms with Crippen molar-refractivity contribution in [3.05, 3.63) is 48.0 Å². The third kappa shape index (κ3) is 2.70. The summed E-state index contributed by atoms with van der Waals surface area (Å²) in [7, 11) is 0. The lowest BCUT2D eigenvalue weighted by atomic mass is 10.1. The lowest BCUT2D eigenvalue weighted by Gasteiger charge is -2.23. The van der Waals surface area contributed by atoms with E-state index in [0.717, 1.165) is 0 Å². The summed E-state index contributed by atoms with van der Waals surface area (Å²) < 4.78 is 4.56. The topological polar surface area (TPSA) is 83.8 Å². The molecule has 17 heavy (non-hydrogen) atoms. The van der Waals surface area contributed by atoms with Crippen molar-refractivity contribution >= 4 is 11.9 Å². The molecular formula is C12H12O5. The summed E-state index contributed by atoms with van der Waals surface area (Å²) in [6.07, 6.45) is 0. The van der Waals surface area contributed by atoms with Gasteiger partial charge in [-0.05, 0) is 6.92 Å². The summed E-state index contributed by atoms with van der Waals surface area (Å²) in [5.74, 6) is -5.34. The molecule has 5 heteroatoms. The average Bonchev–Trinajstić information content (AvgIpc) is 2.29. The van der Waals surface area contributed by atoms with Crippen LogP contribution in [0.2, 0.25) is 0 Å². The maximum absolute atomic E-state index is 11.3. The Bertz CT molecular complexity index is 451. The number of ether oxygens (including phenoxy) is 1. The fraction of sp³-hybridized carbons (Fsp3) is 0.167. The number of aliphatic hydroxyl groups is 1. The largest absolute Gasteiger partial charge is 0.476 e. The molecule has 0 radical (unpaired) electrons. The maximum atomic E-state index is 11.3. The minimum Gasteiger partial charge on any atom is -0.476 e. The van der Waals surface area contributed by atoms with Gasteiger partial charge in [0.05, 0.1) is 0 Å². The van der Waals surface area contributed by atoms with Crippen molar-refractivity contribution < 1.29 is 24.5 Å². The van der Waals surface area contributed by atoms with Gasteiger partial charge in [0.2, 0.25) is 0 Å². The van der Waals surface area contributed by atoms with Crippen molar-refractivity contribution in [3.63, 3.8) is 0 Å². The molecule has 0 spiro atoms. The van der Waals surface area contributed by atoms with E-state index in [9.17, 15) is 14.7 Å². The number of carbonyl (C=O) groups is 2. The number of carboxylic acids is 1. The number of benzene rings is 1. The predicted octanol–water partition coefficient (Wildman–Crippen LogP) is 1.04. The van der Waals surface area contributed by atoms with Gasteiger partial charge in [-0.3, -0.25) is 0 Å². The van der Waals surface area contributed by atoms with E-state index in [1.54, 1.807) is 6.07 Å². The molecule has 0 aromatic heterocycles. The highest BCUT2D eigenvalue weighted by Gasteiger charge is 2.42. The molecule has 0 fully saturated rings. The molecule has 0 bridgehead atoms. The standard InChI is InChI=1S/C12H12O5/c1-8(2)10(13)17-12(16,11(14)15)9-6-4-3-5-7-9/h3-7,16H,1H2,2H3,(H,14,15). The first kappa shape index (κ1) is 12.9. The summed E-state index contributed by atoms with van der Waals surface area (Å²) in [6, 6.07) is 7.39. The highest BCUT2D eigenvalue weighted by molar-refractivity contribution is 5.90. The zero-order valence-corrected chi connectivity index (χ0v) is 9.21. The summed E-state index contributed by atoms with van der Waals surface area (Å²) in [6.45, 7) is 4.67. The number of rotatable bonds is 4. The van der Waals surface area contributed by atoms with Gasteiger partial charge in [0.15, 0.2) is 0 Å². The highest BCUT2D eigenvalue weighted by Crippen LogP contribution is 2.24. The van der Waals surface area contributed by atoms with Crippen LogP contribution in [0, 0.1) is 0 Å². The summed E-state index contributed by atoms with van der Waals surface area (Å²) >= 11 is 0. The Morgan fingerprint density at radius 2 is 1.82 bits per heavy atom. The van der Waals surface area contributed by atoms with Gasteiger partial charge >= 0.3 is 17.7 Å². The van der Waals surface area contributed by atoms with E-state index in [-0.39, 0.29) is 11.1 Å². The molecule has 5 nitrogen and oxygen atoms in total. The van der Waals surface area contributed by atoms with Gasteiger partial charge in [-0.15, -0.1) is 0 Å². The SMILES string of the molecule is C=C(C)C(=O)OC(O)(C(=O)O)c1ccccc1. The molecule has 0 amide bonds. The van der Waals surface area contributed by atoms with Crippen LogP contribution in [0.5, 0.6) is 0 Å². The monoisotopic (exact) mass is 236 g/mol. The third-order valence-corrected chi connectivity index (χ3v) is 2.04. The van der Waals surface area contributed by atoms with E-state index in [1.165, 1.54) is 31.2 Å². The molecule has 0 heterocycles. The second-order valence-electron chi connectivity index (χ2n) is 3.49. The van der Waals surface area contributed by atoms with Crippen molar-refractivity contribution in [2.45, 2.75) is 12.7 Å². The molecule has 1 unspecified atom stereocenters. The Hall–Kier alpha value is -2.14. The zero-order chi connectivity index (χ0) is 13.1. The van der Waals surface area contributed by atoms with Crippen LogP contribution in [-0.2, 0) is 20.1 Å². The average molecular weight is 236 g/mol. The van der Waals surface area contributed by atoms with E-state index in [0.29, 0.717) is 0 Å². The van der Waals surface area contributed by atoms with E-state index in [1.807, 2.05) is 0 Å². The highest BCUT2D eigenvalue weighted by atomic mass is 16.7. The van der Waals surface area contributed by atoms with E-state index < -0.39 is 17.7 Å². The number of esters is 1. The van der Waals surface area contributed by atoms with Crippen molar-refractivity contribution in [2.24, 2.45) is 0 Å². The number of aliphatic carboxylic acids is 1. The fourth-order valence-electron chi connectivity index (χ4n) is 1.11. The molecule has 0 aliphatic carbocycles. The van der Waals surface area contributed by atoms with Crippen LogP contribution >= 0.6 is 0 Å². The normalized spacial score (nSPS) is 13.5. The van der Waals surface area contributed by atoms with Crippen LogP contribution in [0.1, 0.15) is 12.5 Å². The van der Waals surface area contributed by atoms with Gasteiger partial charge in [0.1, 0.15) is 0 Å². The van der Waals surface area contributed by atoms with Gasteiger partial charge in [0.25, 0.3) is 0 Å². The maximum Gasteiger partial charge on any atom is 0.382 e. The Morgan fingerprint density at radius 3 is 2.24 bits per heavy atom. The van der Waals surface area contributed by atoms with Gasteiger partial charge in [-0.2, -0.15) is 0 Å². The van der Waals surface area contributed by atoms with Crippen LogP contribution in [-0.4, -0.2) is 22.2 Å². The third-order valence-electron chi connectivity index (χ3n) is 2.04. The lowest BCUT2D eigenvalue weighted by Crippen LogP contribution is -2.40. The lowest BCUT2D eigenvalue weighted by molar-refractivity contribution is -0.225. The quantitative estimate of drug-likeness (QED) is 0.463. The molecule has 1 rings (SSSR count). The number of hydrogen-bond donors (Lipinski definition) is 2. The molecule has 1 aromatic rings. The van der Waals surface area contributed by atoms with Crippen molar-refractivity contribution in [3.8, 4) is 0 Å². The Balaban J connectivity index is 3.11. The zero-order valence-electron chi connectivity index (χ0n) is 9.21. The molecule has 0 saturated heterocycles. The minimum absolute atomic E-state index is 0.000561. The summed E-state index contributed by atoms with van der Waals surface area (Å²) in [5, 5.41) is 18.9. The first-order valence-corrected chi connectivity index (χ1v) is 4.78.